The third-order valence-electron chi connectivity index (χ3n) is 11.2. The number of rotatable bonds is 15. The third kappa shape index (κ3) is 8.23. The molecule has 0 aromatic heterocycles. The molecule has 0 amide bonds. The molecule has 5 atom stereocenters. The summed E-state index contributed by atoms with van der Waals surface area (Å²) in [5.74, 6) is 2.22. The van der Waals surface area contributed by atoms with Crippen LogP contribution in [-0.2, 0) is 54.8 Å². The van der Waals surface area contributed by atoms with E-state index in [9.17, 15) is 0 Å². The Labute approximate surface area is 297 Å². The van der Waals surface area contributed by atoms with E-state index in [0.717, 1.165) is 59.3 Å². The highest BCUT2D eigenvalue weighted by molar-refractivity contribution is 5.17. The molecular formula is C44H50O6. The SMILES string of the molecule is c1ccc(COC[C@H]2OC(OC34CC5CC(CC(C5)C3)C4)[C@@H](OCc3ccccc3)[C@@H](OCc3ccccc3)[C@@H]2OCc2ccccc2)cc1. The largest absolute Gasteiger partial charge is 0.374 e. The van der Waals surface area contributed by atoms with Crippen molar-refractivity contribution in [3.05, 3.63) is 144 Å². The molecule has 0 radical (unpaired) electrons. The smallest absolute Gasteiger partial charge is 0.187 e. The molecule has 6 heteroatoms. The van der Waals surface area contributed by atoms with E-state index in [4.69, 9.17) is 28.4 Å². The van der Waals surface area contributed by atoms with Gasteiger partial charge in [0, 0.05) is 0 Å². The minimum atomic E-state index is -0.627. The van der Waals surface area contributed by atoms with Crippen LogP contribution < -0.4 is 0 Å². The molecular weight excluding hydrogens is 624 g/mol. The van der Waals surface area contributed by atoms with Crippen LogP contribution in [-0.4, -0.2) is 42.9 Å². The predicted molar refractivity (Wildman–Crippen MR) is 192 cm³/mol. The Morgan fingerprint density at radius 1 is 0.480 bits per heavy atom. The van der Waals surface area contributed by atoms with Crippen molar-refractivity contribution < 1.29 is 28.4 Å². The van der Waals surface area contributed by atoms with Gasteiger partial charge in [0.2, 0.25) is 0 Å². The molecule has 4 bridgehead atoms. The molecule has 9 rings (SSSR count). The summed E-state index contributed by atoms with van der Waals surface area (Å²) in [6.45, 7) is 2.08. The molecule has 4 aromatic carbocycles. The fourth-order valence-corrected chi connectivity index (χ4v) is 9.26. The minimum absolute atomic E-state index is 0.190. The highest BCUT2D eigenvalue weighted by Gasteiger charge is 2.56. The normalized spacial score (nSPS) is 31.5. The first-order valence-corrected chi connectivity index (χ1v) is 18.6. The van der Waals surface area contributed by atoms with Gasteiger partial charge in [-0.2, -0.15) is 0 Å². The van der Waals surface area contributed by atoms with Gasteiger partial charge in [-0.15, -0.1) is 0 Å². The molecule has 5 aliphatic rings. The van der Waals surface area contributed by atoms with Crippen molar-refractivity contribution in [3.8, 4) is 0 Å². The minimum Gasteiger partial charge on any atom is -0.374 e. The molecule has 6 nitrogen and oxygen atoms in total. The highest BCUT2D eigenvalue weighted by Crippen LogP contribution is 2.58. The number of ether oxygens (including phenoxy) is 6. The van der Waals surface area contributed by atoms with Crippen molar-refractivity contribution in [2.45, 2.75) is 101 Å². The summed E-state index contributed by atoms with van der Waals surface area (Å²) < 4.78 is 41.5. The second kappa shape index (κ2) is 15.9. The Kier molecular flexibility index (Phi) is 10.7. The van der Waals surface area contributed by atoms with Crippen molar-refractivity contribution >= 4 is 0 Å². The Hall–Kier alpha value is -3.36. The van der Waals surface area contributed by atoms with Gasteiger partial charge in [0.15, 0.2) is 6.29 Å². The first-order valence-electron chi connectivity index (χ1n) is 18.6. The van der Waals surface area contributed by atoms with Gasteiger partial charge in [-0.05, 0) is 78.5 Å². The average molecular weight is 675 g/mol. The average Bonchev–Trinajstić information content (AvgIpc) is 3.14. The Morgan fingerprint density at radius 3 is 1.34 bits per heavy atom. The fraction of sp³-hybridized carbons (Fsp3) is 0.455. The van der Waals surface area contributed by atoms with E-state index in [-0.39, 0.29) is 5.60 Å². The van der Waals surface area contributed by atoms with Crippen LogP contribution in [0.2, 0.25) is 0 Å². The van der Waals surface area contributed by atoms with Crippen LogP contribution in [0.25, 0.3) is 0 Å². The lowest BCUT2D eigenvalue weighted by Crippen LogP contribution is -2.64. The second-order valence-corrected chi connectivity index (χ2v) is 15.0. The van der Waals surface area contributed by atoms with Crippen molar-refractivity contribution in [3.63, 3.8) is 0 Å². The Balaban J connectivity index is 1.11. The van der Waals surface area contributed by atoms with Crippen molar-refractivity contribution in [2.75, 3.05) is 6.61 Å². The van der Waals surface area contributed by atoms with Crippen molar-refractivity contribution in [1.82, 2.24) is 0 Å². The molecule has 1 aliphatic heterocycles. The van der Waals surface area contributed by atoms with E-state index in [2.05, 4.69) is 72.8 Å². The standard InChI is InChI=1S/C44H50O6/c1-5-13-32(14-6-1)27-45-31-39-40(46-28-33-15-7-2-8-16-33)41(47-29-34-17-9-3-10-18-34)42(48-30-35-19-11-4-12-20-35)43(49-39)50-44-24-36-21-37(25-44)23-38(22-36)26-44/h1-20,36-43H,21-31H2/t36?,37?,38?,39-,40-,41+,42+,43?,44?/m1/s1. The number of hydrogen-bond acceptors (Lipinski definition) is 6. The molecule has 1 unspecified atom stereocenters. The van der Waals surface area contributed by atoms with E-state index in [1.807, 2.05) is 48.5 Å². The summed E-state index contributed by atoms with van der Waals surface area (Å²) in [5, 5.41) is 0. The Morgan fingerprint density at radius 2 is 0.880 bits per heavy atom. The number of benzene rings is 4. The zero-order chi connectivity index (χ0) is 33.6. The molecule has 0 N–H and O–H groups in total. The van der Waals surface area contributed by atoms with Gasteiger partial charge >= 0.3 is 0 Å². The van der Waals surface area contributed by atoms with Gasteiger partial charge < -0.3 is 28.4 Å². The van der Waals surface area contributed by atoms with E-state index in [0.29, 0.717) is 33.0 Å². The van der Waals surface area contributed by atoms with Crippen LogP contribution in [0.4, 0.5) is 0 Å². The van der Waals surface area contributed by atoms with Crippen LogP contribution in [0.1, 0.15) is 60.8 Å². The molecule has 0 spiro atoms. The van der Waals surface area contributed by atoms with Crippen LogP contribution in [0.5, 0.6) is 0 Å². The molecule has 262 valence electrons. The molecule has 4 aliphatic carbocycles. The molecule has 1 heterocycles. The maximum Gasteiger partial charge on any atom is 0.187 e. The van der Waals surface area contributed by atoms with Gasteiger partial charge in [0.05, 0.1) is 38.6 Å². The lowest BCUT2D eigenvalue weighted by molar-refractivity contribution is -0.360. The monoisotopic (exact) mass is 674 g/mol. The first kappa shape index (κ1) is 33.8. The maximum absolute atomic E-state index is 7.34. The van der Waals surface area contributed by atoms with Crippen LogP contribution in [0.3, 0.4) is 0 Å². The summed E-state index contributed by atoms with van der Waals surface area (Å²) in [7, 11) is 0. The van der Waals surface area contributed by atoms with Gasteiger partial charge in [-0.1, -0.05) is 121 Å². The van der Waals surface area contributed by atoms with Gasteiger partial charge in [-0.25, -0.2) is 0 Å². The van der Waals surface area contributed by atoms with Gasteiger partial charge in [0.25, 0.3) is 0 Å². The summed E-state index contributed by atoms with van der Waals surface area (Å²) in [5.41, 5.74) is 4.21. The summed E-state index contributed by atoms with van der Waals surface area (Å²) >= 11 is 0. The summed E-state index contributed by atoms with van der Waals surface area (Å²) in [6, 6.07) is 41.2. The van der Waals surface area contributed by atoms with Crippen LogP contribution in [0.15, 0.2) is 121 Å². The first-order chi connectivity index (χ1) is 24.7. The molecule has 50 heavy (non-hydrogen) atoms. The van der Waals surface area contributed by atoms with E-state index in [1.165, 1.54) is 19.3 Å². The zero-order valence-corrected chi connectivity index (χ0v) is 28.9. The molecule has 1 saturated heterocycles. The molecule has 4 aromatic rings. The maximum atomic E-state index is 7.34. The van der Waals surface area contributed by atoms with Crippen molar-refractivity contribution in [1.29, 1.82) is 0 Å². The van der Waals surface area contributed by atoms with Gasteiger partial charge in [0.1, 0.15) is 24.4 Å². The highest BCUT2D eigenvalue weighted by atomic mass is 16.7. The lowest BCUT2D eigenvalue weighted by Gasteiger charge is -2.58. The van der Waals surface area contributed by atoms with E-state index >= 15 is 0 Å². The molecule has 5 fully saturated rings. The molecule has 4 saturated carbocycles. The van der Waals surface area contributed by atoms with Crippen LogP contribution in [0, 0.1) is 17.8 Å². The van der Waals surface area contributed by atoms with E-state index in [1.54, 1.807) is 0 Å². The summed E-state index contributed by atoms with van der Waals surface area (Å²) in [4.78, 5) is 0. The van der Waals surface area contributed by atoms with Crippen LogP contribution >= 0.6 is 0 Å². The number of hydrogen-bond donors (Lipinski definition) is 0. The van der Waals surface area contributed by atoms with E-state index < -0.39 is 30.7 Å². The predicted octanol–water partition coefficient (Wildman–Crippen LogP) is 8.67. The third-order valence-corrected chi connectivity index (χ3v) is 11.2. The zero-order valence-electron chi connectivity index (χ0n) is 28.9. The topological polar surface area (TPSA) is 55.4 Å². The summed E-state index contributed by atoms with van der Waals surface area (Å²) in [6.07, 6.45) is 4.82. The van der Waals surface area contributed by atoms with Gasteiger partial charge in [-0.3, -0.25) is 0 Å². The Bertz CT molecular complexity index is 1560. The fourth-order valence-electron chi connectivity index (χ4n) is 9.26. The quantitative estimate of drug-likeness (QED) is 0.126. The van der Waals surface area contributed by atoms with Crippen molar-refractivity contribution in [2.24, 2.45) is 17.8 Å². The lowest BCUT2D eigenvalue weighted by atomic mass is 9.54. The second-order valence-electron chi connectivity index (χ2n) is 15.0.